The summed E-state index contributed by atoms with van der Waals surface area (Å²) in [5.74, 6) is 0. The van der Waals surface area contributed by atoms with Gasteiger partial charge in [0.15, 0.2) is 0 Å². The first kappa shape index (κ1) is 14.8. The molecular formula is C13H13F3N4O2. The minimum absolute atomic E-state index is 0.0193. The predicted molar refractivity (Wildman–Crippen MR) is 72.2 cm³/mol. The van der Waals surface area contributed by atoms with Crippen molar-refractivity contribution in [1.29, 1.82) is 0 Å². The second-order valence-electron chi connectivity index (χ2n) is 5.38. The molecular weight excluding hydrogens is 301 g/mol. The number of alkyl halides is 3. The van der Waals surface area contributed by atoms with E-state index in [1.54, 1.807) is 0 Å². The lowest BCUT2D eigenvalue weighted by molar-refractivity contribution is -0.384. The SMILES string of the molecule is O=[N+]([O-])c1ccc2c(cnn2CN(CC(F)(F)F)C2CC2)c1. The normalized spacial score (nSPS) is 15.6. The fraction of sp³-hybridized carbons (Fsp3) is 0.462. The molecule has 1 aliphatic rings. The van der Waals surface area contributed by atoms with Gasteiger partial charge in [-0.3, -0.25) is 19.7 Å². The highest BCUT2D eigenvalue weighted by Gasteiger charge is 2.38. The molecule has 0 atom stereocenters. The molecule has 1 aromatic heterocycles. The van der Waals surface area contributed by atoms with Crippen LogP contribution in [0, 0.1) is 10.1 Å². The molecule has 1 aliphatic carbocycles. The van der Waals surface area contributed by atoms with Gasteiger partial charge in [-0.15, -0.1) is 0 Å². The number of nitrogens with zero attached hydrogens (tertiary/aromatic N) is 4. The fourth-order valence-electron chi connectivity index (χ4n) is 2.44. The minimum atomic E-state index is -4.26. The Bertz CT molecular complexity index is 709. The van der Waals surface area contributed by atoms with Crippen molar-refractivity contribution < 1.29 is 18.1 Å². The lowest BCUT2D eigenvalue weighted by Crippen LogP contribution is -2.37. The summed E-state index contributed by atoms with van der Waals surface area (Å²) in [6.45, 7) is -0.961. The van der Waals surface area contributed by atoms with Gasteiger partial charge in [0.2, 0.25) is 0 Å². The summed E-state index contributed by atoms with van der Waals surface area (Å²) in [5.41, 5.74) is 0.514. The summed E-state index contributed by atoms with van der Waals surface area (Å²) in [7, 11) is 0. The summed E-state index contributed by atoms with van der Waals surface area (Å²) in [4.78, 5) is 11.6. The van der Waals surface area contributed by atoms with Gasteiger partial charge < -0.3 is 0 Å². The maximum Gasteiger partial charge on any atom is 0.401 e. The van der Waals surface area contributed by atoms with E-state index in [1.807, 2.05) is 0 Å². The van der Waals surface area contributed by atoms with Crippen LogP contribution in [0.2, 0.25) is 0 Å². The summed E-state index contributed by atoms with van der Waals surface area (Å²) < 4.78 is 39.3. The molecule has 0 unspecified atom stereocenters. The molecule has 0 N–H and O–H groups in total. The zero-order chi connectivity index (χ0) is 15.9. The highest BCUT2D eigenvalue weighted by Crippen LogP contribution is 2.31. The van der Waals surface area contributed by atoms with Gasteiger partial charge in [-0.1, -0.05) is 0 Å². The molecule has 0 aliphatic heterocycles. The van der Waals surface area contributed by atoms with Crippen LogP contribution in [0.15, 0.2) is 24.4 Å². The van der Waals surface area contributed by atoms with Crippen molar-refractivity contribution in [2.75, 3.05) is 6.54 Å². The predicted octanol–water partition coefficient (Wildman–Crippen LogP) is 2.93. The van der Waals surface area contributed by atoms with Crippen LogP contribution in [0.4, 0.5) is 18.9 Å². The summed E-state index contributed by atoms with van der Waals surface area (Å²) in [5, 5.41) is 15.3. The number of aromatic nitrogens is 2. The molecule has 0 spiro atoms. The Hall–Kier alpha value is -2.16. The Labute approximate surface area is 123 Å². The topological polar surface area (TPSA) is 64.2 Å². The number of benzene rings is 1. The van der Waals surface area contributed by atoms with Crippen molar-refractivity contribution in [3.05, 3.63) is 34.5 Å². The molecule has 0 saturated heterocycles. The van der Waals surface area contributed by atoms with E-state index in [-0.39, 0.29) is 18.4 Å². The molecule has 3 rings (SSSR count). The fourth-order valence-corrected chi connectivity index (χ4v) is 2.44. The van der Waals surface area contributed by atoms with E-state index in [0.29, 0.717) is 10.9 Å². The van der Waals surface area contributed by atoms with E-state index in [0.717, 1.165) is 12.8 Å². The van der Waals surface area contributed by atoms with Crippen molar-refractivity contribution in [2.24, 2.45) is 0 Å². The average Bonchev–Trinajstić information content (AvgIpc) is 3.19. The van der Waals surface area contributed by atoms with E-state index in [1.165, 1.54) is 34.0 Å². The van der Waals surface area contributed by atoms with E-state index >= 15 is 0 Å². The van der Waals surface area contributed by atoms with Crippen LogP contribution in [0.5, 0.6) is 0 Å². The van der Waals surface area contributed by atoms with Crippen LogP contribution in [0.25, 0.3) is 10.9 Å². The van der Waals surface area contributed by atoms with Gasteiger partial charge in [0.25, 0.3) is 5.69 Å². The average molecular weight is 314 g/mol. The van der Waals surface area contributed by atoms with Crippen LogP contribution in [-0.4, -0.2) is 38.4 Å². The number of non-ortho nitro benzene ring substituents is 1. The molecule has 1 heterocycles. The van der Waals surface area contributed by atoms with Crippen LogP contribution in [0.3, 0.4) is 0 Å². The Balaban J connectivity index is 1.84. The lowest BCUT2D eigenvalue weighted by Gasteiger charge is -2.23. The molecule has 0 radical (unpaired) electrons. The molecule has 9 heteroatoms. The van der Waals surface area contributed by atoms with Crippen molar-refractivity contribution in [2.45, 2.75) is 31.7 Å². The molecule has 0 amide bonds. The van der Waals surface area contributed by atoms with E-state index in [9.17, 15) is 23.3 Å². The van der Waals surface area contributed by atoms with Gasteiger partial charge in [-0.2, -0.15) is 18.3 Å². The molecule has 0 bridgehead atoms. The number of halogens is 3. The highest BCUT2D eigenvalue weighted by atomic mass is 19.4. The number of nitro groups is 1. The zero-order valence-corrected chi connectivity index (χ0v) is 11.5. The van der Waals surface area contributed by atoms with Crippen molar-refractivity contribution in [3.63, 3.8) is 0 Å². The largest absolute Gasteiger partial charge is 0.401 e. The second kappa shape index (κ2) is 5.24. The van der Waals surface area contributed by atoms with Gasteiger partial charge in [-0.25, -0.2) is 0 Å². The highest BCUT2D eigenvalue weighted by molar-refractivity contribution is 5.81. The Kier molecular flexibility index (Phi) is 3.51. The Morgan fingerprint density at radius 2 is 2.14 bits per heavy atom. The van der Waals surface area contributed by atoms with E-state index in [4.69, 9.17) is 0 Å². The third-order valence-corrected chi connectivity index (χ3v) is 3.60. The maximum absolute atomic E-state index is 12.6. The van der Waals surface area contributed by atoms with Gasteiger partial charge in [0.1, 0.15) is 0 Å². The first-order chi connectivity index (χ1) is 10.3. The molecule has 118 valence electrons. The third kappa shape index (κ3) is 3.19. The maximum atomic E-state index is 12.6. The smallest absolute Gasteiger partial charge is 0.273 e. The van der Waals surface area contributed by atoms with E-state index < -0.39 is 17.6 Å². The number of hydrogen-bond donors (Lipinski definition) is 0. The third-order valence-electron chi connectivity index (χ3n) is 3.60. The van der Waals surface area contributed by atoms with Crippen molar-refractivity contribution in [1.82, 2.24) is 14.7 Å². The quantitative estimate of drug-likeness (QED) is 0.629. The zero-order valence-electron chi connectivity index (χ0n) is 11.5. The van der Waals surface area contributed by atoms with Crippen LogP contribution in [-0.2, 0) is 6.67 Å². The van der Waals surface area contributed by atoms with Crippen LogP contribution < -0.4 is 0 Å². The molecule has 1 saturated carbocycles. The first-order valence-corrected chi connectivity index (χ1v) is 6.74. The van der Waals surface area contributed by atoms with Crippen LogP contribution >= 0.6 is 0 Å². The van der Waals surface area contributed by atoms with Crippen molar-refractivity contribution >= 4 is 16.6 Å². The number of hydrogen-bond acceptors (Lipinski definition) is 4. The molecule has 1 fully saturated rings. The number of fused-ring (bicyclic) bond motifs is 1. The van der Waals surface area contributed by atoms with Crippen LogP contribution in [0.1, 0.15) is 12.8 Å². The number of nitro benzene ring substituents is 1. The number of rotatable bonds is 5. The Morgan fingerprint density at radius 3 is 2.73 bits per heavy atom. The lowest BCUT2D eigenvalue weighted by atomic mass is 10.2. The molecule has 6 nitrogen and oxygen atoms in total. The molecule has 2 aromatic rings. The van der Waals surface area contributed by atoms with Crippen molar-refractivity contribution in [3.8, 4) is 0 Å². The van der Waals surface area contributed by atoms with Gasteiger partial charge in [-0.05, 0) is 18.9 Å². The monoisotopic (exact) mass is 314 g/mol. The second-order valence-corrected chi connectivity index (χ2v) is 5.38. The molecule has 1 aromatic carbocycles. The molecule has 22 heavy (non-hydrogen) atoms. The van der Waals surface area contributed by atoms with Gasteiger partial charge >= 0.3 is 6.18 Å². The summed E-state index contributed by atoms with van der Waals surface area (Å²) >= 11 is 0. The first-order valence-electron chi connectivity index (χ1n) is 6.74. The summed E-state index contributed by atoms with van der Waals surface area (Å²) in [6, 6.07) is 4.13. The van der Waals surface area contributed by atoms with E-state index in [2.05, 4.69) is 5.10 Å². The van der Waals surface area contributed by atoms with Gasteiger partial charge in [0, 0.05) is 23.6 Å². The standard InChI is InChI=1S/C13H13F3N4O2/c14-13(15,16)7-18(10-1-2-10)8-19-12-4-3-11(20(21)22)5-9(12)6-17-19/h3-6,10H,1-2,7-8H2. The van der Waals surface area contributed by atoms with Gasteiger partial charge in [0.05, 0.1) is 29.9 Å². The summed E-state index contributed by atoms with van der Waals surface area (Å²) in [6.07, 6.45) is -1.33. The minimum Gasteiger partial charge on any atom is -0.273 e. The Morgan fingerprint density at radius 1 is 1.41 bits per heavy atom.